The molecule has 0 spiro atoms. The van der Waals surface area contributed by atoms with E-state index in [9.17, 15) is 9.18 Å². The van der Waals surface area contributed by atoms with Crippen molar-refractivity contribution < 1.29 is 13.9 Å². The first-order valence-corrected chi connectivity index (χ1v) is 6.69. The summed E-state index contributed by atoms with van der Waals surface area (Å²) in [5, 5.41) is -0.0319. The van der Waals surface area contributed by atoms with E-state index in [1.807, 2.05) is 0 Å². The Morgan fingerprint density at radius 2 is 2.14 bits per heavy atom. The number of carbonyl (C=O) groups is 1. The van der Waals surface area contributed by atoms with Gasteiger partial charge >= 0.3 is 0 Å². The molecule has 0 unspecified atom stereocenters. The van der Waals surface area contributed by atoms with Crippen LogP contribution in [0.25, 0.3) is 11.3 Å². The molecule has 2 aromatic rings. The number of halogens is 3. The van der Waals surface area contributed by atoms with Crippen LogP contribution in [-0.4, -0.2) is 24.4 Å². The van der Waals surface area contributed by atoms with Crippen molar-refractivity contribution in [1.29, 1.82) is 0 Å². The summed E-state index contributed by atoms with van der Waals surface area (Å²) in [5.41, 5.74) is 1.17. The molecule has 0 fully saturated rings. The fourth-order valence-corrected chi connectivity index (χ4v) is 2.07. The fourth-order valence-electron chi connectivity index (χ4n) is 1.77. The van der Waals surface area contributed by atoms with Gasteiger partial charge in [0.05, 0.1) is 18.7 Å². The zero-order valence-corrected chi connectivity index (χ0v) is 12.5. The molecule has 0 atom stereocenters. The maximum absolute atomic E-state index is 13.2. The molecule has 0 amide bonds. The van der Waals surface area contributed by atoms with Gasteiger partial charge in [-0.05, 0) is 42.1 Å². The van der Waals surface area contributed by atoms with Crippen LogP contribution in [0, 0.1) is 5.82 Å². The normalized spacial score (nSPS) is 10.5. The van der Waals surface area contributed by atoms with Crippen LogP contribution in [0.2, 0.25) is 5.02 Å². The highest BCUT2D eigenvalue weighted by molar-refractivity contribution is 6.31. The Hall–Kier alpha value is -1.69. The second-order valence-corrected chi connectivity index (χ2v) is 4.78. The van der Waals surface area contributed by atoms with Crippen LogP contribution >= 0.6 is 23.4 Å². The van der Waals surface area contributed by atoms with Gasteiger partial charge in [0.1, 0.15) is 23.0 Å². The van der Waals surface area contributed by atoms with E-state index in [1.165, 1.54) is 31.4 Å². The molecule has 0 saturated carbocycles. The summed E-state index contributed by atoms with van der Waals surface area (Å²) in [6.45, 7) is -0.0511. The van der Waals surface area contributed by atoms with Crippen molar-refractivity contribution in [2.45, 2.75) is 0 Å². The van der Waals surface area contributed by atoms with Crippen molar-refractivity contribution in [3.05, 3.63) is 46.9 Å². The molecule has 4 nitrogen and oxygen atoms in total. The SMILES string of the molecule is COc1ccc(C(=O)CNCl)nc1-c1ccc(F)c(Cl)c1. The van der Waals surface area contributed by atoms with Gasteiger partial charge in [-0.25, -0.2) is 14.2 Å². The van der Waals surface area contributed by atoms with E-state index in [4.69, 9.17) is 28.1 Å². The van der Waals surface area contributed by atoms with Crippen molar-refractivity contribution >= 4 is 29.2 Å². The second-order valence-electron chi connectivity index (χ2n) is 4.11. The van der Waals surface area contributed by atoms with Gasteiger partial charge in [-0.1, -0.05) is 11.6 Å². The van der Waals surface area contributed by atoms with E-state index in [2.05, 4.69) is 9.82 Å². The fraction of sp³-hybridized carbons (Fsp3) is 0.143. The molecular weight excluding hydrogens is 318 g/mol. The minimum atomic E-state index is -0.530. The lowest BCUT2D eigenvalue weighted by Crippen LogP contribution is -2.16. The summed E-state index contributed by atoms with van der Waals surface area (Å²) in [6.07, 6.45) is 0. The topological polar surface area (TPSA) is 51.2 Å². The van der Waals surface area contributed by atoms with Crippen LogP contribution in [0.3, 0.4) is 0 Å². The van der Waals surface area contributed by atoms with Crippen LogP contribution in [0.4, 0.5) is 4.39 Å². The van der Waals surface area contributed by atoms with Crippen LogP contribution in [0.15, 0.2) is 30.3 Å². The molecule has 1 aromatic carbocycles. The summed E-state index contributed by atoms with van der Waals surface area (Å²) in [4.78, 5) is 18.3. The number of hydrogen-bond acceptors (Lipinski definition) is 4. The first-order valence-electron chi connectivity index (χ1n) is 5.94. The van der Waals surface area contributed by atoms with Gasteiger partial charge in [0, 0.05) is 5.56 Å². The summed E-state index contributed by atoms with van der Waals surface area (Å²) >= 11 is 11.1. The first kappa shape index (κ1) is 15.7. The third-order valence-corrected chi connectivity index (χ3v) is 3.21. The molecule has 1 aromatic heterocycles. The second kappa shape index (κ2) is 6.85. The lowest BCUT2D eigenvalue weighted by atomic mass is 10.1. The van der Waals surface area contributed by atoms with Crippen LogP contribution < -0.4 is 9.57 Å². The number of nitrogens with one attached hydrogen (secondary N) is 1. The van der Waals surface area contributed by atoms with E-state index in [1.54, 1.807) is 6.07 Å². The molecule has 1 heterocycles. The average molecular weight is 329 g/mol. The first-order chi connectivity index (χ1) is 10.1. The van der Waals surface area contributed by atoms with Gasteiger partial charge in [0.2, 0.25) is 0 Å². The molecule has 7 heteroatoms. The number of ether oxygens (including phenoxy) is 1. The van der Waals surface area contributed by atoms with Gasteiger partial charge < -0.3 is 4.74 Å². The number of ketones is 1. The lowest BCUT2D eigenvalue weighted by Gasteiger charge is -2.10. The average Bonchev–Trinajstić information content (AvgIpc) is 2.49. The van der Waals surface area contributed by atoms with Crippen molar-refractivity contribution in [3.63, 3.8) is 0 Å². The Morgan fingerprint density at radius 1 is 1.38 bits per heavy atom. The van der Waals surface area contributed by atoms with Crippen LogP contribution in [0.5, 0.6) is 5.75 Å². The van der Waals surface area contributed by atoms with Crippen LogP contribution in [-0.2, 0) is 0 Å². The van der Waals surface area contributed by atoms with Gasteiger partial charge in [-0.3, -0.25) is 4.79 Å². The molecule has 21 heavy (non-hydrogen) atoms. The quantitative estimate of drug-likeness (QED) is 0.674. The minimum Gasteiger partial charge on any atom is -0.494 e. The zero-order chi connectivity index (χ0) is 15.4. The number of hydrogen-bond donors (Lipinski definition) is 1. The van der Waals surface area contributed by atoms with E-state index < -0.39 is 5.82 Å². The highest BCUT2D eigenvalue weighted by Crippen LogP contribution is 2.30. The smallest absolute Gasteiger partial charge is 0.196 e. The van der Waals surface area contributed by atoms with E-state index >= 15 is 0 Å². The molecule has 2 rings (SSSR count). The summed E-state index contributed by atoms with van der Waals surface area (Å²) in [5.74, 6) is -0.354. The van der Waals surface area contributed by atoms with Crippen molar-refractivity contribution in [2.75, 3.05) is 13.7 Å². The third-order valence-electron chi connectivity index (χ3n) is 2.78. The molecule has 0 saturated heterocycles. The number of carbonyl (C=O) groups excluding carboxylic acids is 1. The van der Waals surface area contributed by atoms with Gasteiger partial charge in [-0.15, -0.1) is 0 Å². The maximum atomic E-state index is 13.2. The molecule has 0 aliphatic rings. The number of aromatic nitrogens is 1. The number of rotatable bonds is 5. The molecule has 0 aliphatic carbocycles. The highest BCUT2D eigenvalue weighted by atomic mass is 35.5. The lowest BCUT2D eigenvalue weighted by molar-refractivity contribution is 0.0993. The van der Waals surface area contributed by atoms with E-state index in [-0.39, 0.29) is 23.0 Å². The highest BCUT2D eigenvalue weighted by Gasteiger charge is 2.14. The summed E-state index contributed by atoms with van der Waals surface area (Å²) in [7, 11) is 1.48. The predicted octanol–water partition coefficient (Wildman–Crippen LogP) is 3.48. The molecule has 0 radical (unpaired) electrons. The molecular formula is C14H11Cl2FN2O2. The number of Topliss-reactive ketones (excluding diaryl/α,β-unsaturated/α-hetero) is 1. The van der Waals surface area contributed by atoms with Crippen molar-refractivity contribution in [2.24, 2.45) is 0 Å². The molecule has 0 aliphatic heterocycles. The summed E-state index contributed by atoms with van der Waals surface area (Å²) < 4.78 is 18.5. The molecule has 110 valence electrons. The third kappa shape index (κ3) is 3.50. The Balaban J connectivity index is 2.51. The zero-order valence-electron chi connectivity index (χ0n) is 11.0. The number of benzene rings is 1. The Bertz CT molecular complexity index is 680. The Kier molecular flexibility index (Phi) is 5.12. The van der Waals surface area contributed by atoms with Gasteiger partial charge in [-0.2, -0.15) is 0 Å². The molecule has 0 bridgehead atoms. The number of methoxy groups -OCH3 is 1. The number of pyridine rings is 1. The maximum Gasteiger partial charge on any atom is 0.196 e. The van der Waals surface area contributed by atoms with E-state index in [0.29, 0.717) is 17.0 Å². The monoisotopic (exact) mass is 328 g/mol. The number of nitrogens with zero attached hydrogens (tertiary/aromatic N) is 1. The largest absolute Gasteiger partial charge is 0.494 e. The van der Waals surface area contributed by atoms with E-state index in [0.717, 1.165) is 0 Å². The Labute approximate surface area is 131 Å². The summed E-state index contributed by atoms with van der Waals surface area (Å²) in [6, 6.07) is 7.31. The predicted molar refractivity (Wildman–Crippen MR) is 79.4 cm³/mol. The standard InChI is InChI=1S/C14H11Cl2FN2O2/c1-21-13-5-4-11(12(20)7-18-16)19-14(13)8-2-3-10(17)9(15)6-8/h2-6,18H,7H2,1H3. The van der Waals surface area contributed by atoms with Gasteiger partial charge in [0.25, 0.3) is 0 Å². The van der Waals surface area contributed by atoms with Crippen molar-refractivity contribution in [1.82, 2.24) is 9.82 Å². The van der Waals surface area contributed by atoms with Crippen LogP contribution in [0.1, 0.15) is 10.5 Å². The van der Waals surface area contributed by atoms with Gasteiger partial charge in [0.15, 0.2) is 5.78 Å². The molecule has 1 N–H and O–H groups in total. The minimum absolute atomic E-state index is 0.0319. The Morgan fingerprint density at radius 3 is 2.76 bits per heavy atom. The van der Waals surface area contributed by atoms with Crippen molar-refractivity contribution in [3.8, 4) is 17.0 Å².